The summed E-state index contributed by atoms with van der Waals surface area (Å²) in [5.41, 5.74) is 0.405. The van der Waals surface area contributed by atoms with Crippen molar-refractivity contribution in [2.75, 3.05) is 6.54 Å². The molecule has 162 valence electrons. The van der Waals surface area contributed by atoms with E-state index in [4.69, 9.17) is 0 Å². The molecule has 3 amide bonds. The van der Waals surface area contributed by atoms with E-state index < -0.39 is 17.6 Å². The second-order valence-electron chi connectivity index (χ2n) is 7.63. The average molecular weight is 422 g/mol. The van der Waals surface area contributed by atoms with Gasteiger partial charge in [0.15, 0.2) is 11.6 Å². The van der Waals surface area contributed by atoms with Gasteiger partial charge in [-0.3, -0.25) is 28.9 Å². The summed E-state index contributed by atoms with van der Waals surface area (Å²) >= 11 is 0. The maximum Gasteiger partial charge on any atom is 0.255 e. The van der Waals surface area contributed by atoms with E-state index in [0.717, 1.165) is 11.0 Å². The average Bonchev–Trinajstić information content (AvgIpc) is 2.76. The van der Waals surface area contributed by atoms with Crippen molar-refractivity contribution in [2.45, 2.75) is 39.8 Å². The largest absolute Gasteiger partial charge is 0.328 e. The van der Waals surface area contributed by atoms with Gasteiger partial charge in [0, 0.05) is 35.4 Å². The minimum atomic E-state index is -0.536. The topological polar surface area (TPSA) is 91.8 Å². The molecule has 0 aromatic heterocycles. The first kappa shape index (κ1) is 23.7. The van der Waals surface area contributed by atoms with Crippen LogP contribution in [0.4, 0.5) is 0 Å². The predicted octanol–water partition coefficient (Wildman–Crippen LogP) is 2.23. The third kappa shape index (κ3) is 5.31. The summed E-state index contributed by atoms with van der Waals surface area (Å²) < 4.78 is 0. The van der Waals surface area contributed by atoms with Crippen LogP contribution in [0, 0.1) is 0 Å². The van der Waals surface area contributed by atoms with Crippen LogP contribution in [-0.4, -0.2) is 57.7 Å². The summed E-state index contributed by atoms with van der Waals surface area (Å²) in [7, 11) is 0. The van der Waals surface area contributed by atoms with Crippen molar-refractivity contribution in [3.8, 4) is 0 Å². The van der Waals surface area contributed by atoms with Gasteiger partial charge in [-0.2, -0.15) is 0 Å². The summed E-state index contributed by atoms with van der Waals surface area (Å²) in [6.45, 7) is 10.6. The zero-order chi connectivity index (χ0) is 23.3. The number of nitrogens with zero attached hydrogens (tertiary/aromatic N) is 2. The molecule has 2 aliphatic heterocycles. The molecular formula is C24H26N2O5. The summed E-state index contributed by atoms with van der Waals surface area (Å²) in [6, 6.07) is -0.519. The third-order valence-corrected chi connectivity index (χ3v) is 4.82. The number of Topliss-reactive ketones (excluding diaryl/α,β-unsaturated/α-hetero) is 1. The van der Waals surface area contributed by atoms with Crippen LogP contribution in [0.5, 0.6) is 0 Å². The molecule has 0 aromatic rings. The minimum Gasteiger partial charge on any atom is -0.328 e. The van der Waals surface area contributed by atoms with Gasteiger partial charge in [0.1, 0.15) is 0 Å². The van der Waals surface area contributed by atoms with Gasteiger partial charge in [0.25, 0.3) is 17.7 Å². The highest BCUT2D eigenvalue weighted by Gasteiger charge is 2.31. The standard InChI is InChI=1S/C24H26N2O5/c1-6-18-19(24(31)25(15(2)3)14-21(18)28)11-12-20(27)17-8-7-9-22(29)26(16(4)5)23(30)13-10-17/h6-13,15-16H,1,14H2,2-5H3/b9-7+,12-11+,13-10+,17-8+. The van der Waals surface area contributed by atoms with Crippen molar-refractivity contribution < 1.29 is 24.0 Å². The van der Waals surface area contributed by atoms with Crippen LogP contribution in [0.15, 0.2) is 71.9 Å². The molecule has 0 saturated carbocycles. The van der Waals surface area contributed by atoms with Gasteiger partial charge in [0.2, 0.25) is 0 Å². The summed E-state index contributed by atoms with van der Waals surface area (Å²) in [6.07, 6.45) is 10.3. The maximum atomic E-state index is 12.8. The van der Waals surface area contributed by atoms with Gasteiger partial charge in [-0.1, -0.05) is 24.8 Å². The lowest BCUT2D eigenvalue weighted by Crippen LogP contribution is -2.45. The second-order valence-corrected chi connectivity index (χ2v) is 7.63. The first-order chi connectivity index (χ1) is 14.6. The van der Waals surface area contributed by atoms with E-state index in [1.54, 1.807) is 27.7 Å². The molecule has 0 radical (unpaired) electrons. The Morgan fingerprint density at radius 3 is 2.19 bits per heavy atom. The Bertz CT molecular complexity index is 989. The summed E-state index contributed by atoms with van der Waals surface area (Å²) in [4.78, 5) is 64.9. The number of carbonyl (C=O) groups is 5. The van der Waals surface area contributed by atoms with Crippen molar-refractivity contribution in [2.24, 2.45) is 0 Å². The van der Waals surface area contributed by atoms with Crippen LogP contribution < -0.4 is 0 Å². The monoisotopic (exact) mass is 422 g/mol. The number of rotatable bonds is 6. The van der Waals surface area contributed by atoms with Crippen LogP contribution in [0.1, 0.15) is 27.7 Å². The SMILES string of the molecule is C=CC1=C(/C=C/C(=O)C2=C/C=C/C(=O)N(C(C)C)C(=O)\C=C\2)C(=O)N(C(C)C)CC1=O. The Hall–Kier alpha value is -3.61. The molecule has 0 saturated heterocycles. The highest BCUT2D eigenvalue weighted by molar-refractivity contribution is 6.16. The quantitative estimate of drug-likeness (QED) is 0.484. The Morgan fingerprint density at radius 1 is 0.968 bits per heavy atom. The lowest BCUT2D eigenvalue weighted by Gasteiger charge is -2.31. The molecule has 31 heavy (non-hydrogen) atoms. The van der Waals surface area contributed by atoms with E-state index >= 15 is 0 Å². The lowest BCUT2D eigenvalue weighted by molar-refractivity contribution is -0.140. The number of imide groups is 1. The van der Waals surface area contributed by atoms with Crippen LogP contribution in [0.3, 0.4) is 0 Å². The summed E-state index contributed by atoms with van der Waals surface area (Å²) in [5, 5.41) is 0. The van der Waals surface area contributed by atoms with Gasteiger partial charge in [-0.15, -0.1) is 0 Å². The number of amides is 3. The van der Waals surface area contributed by atoms with E-state index in [-0.39, 0.29) is 47.0 Å². The number of carbonyl (C=O) groups excluding carboxylic acids is 5. The Labute approximate surface area is 181 Å². The van der Waals surface area contributed by atoms with Crippen LogP contribution >= 0.6 is 0 Å². The number of hydrogen-bond acceptors (Lipinski definition) is 5. The summed E-state index contributed by atoms with van der Waals surface area (Å²) in [5.74, 6) is -2.12. The first-order valence-corrected chi connectivity index (χ1v) is 9.95. The number of allylic oxidation sites excluding steroid dienone is 6. The predicted molar refractivity (Wildman–Crippen MR) is 117 cm³/mol. The van der Waals surface area contributed by atoms with E-state index in [0.29, 0.717) is 0 Å². The van der Waals surface area contributed by atoms with E-state index in [2.05, 4.69) is 6.58 Å². The van der Waals surface area contributed by atoms with Gasteiger partial charge in [0.05, 0.1) is 12.1 Å². The molecule has 0 unspecified atom stereocenters. The lowest BCUT2D eigenvalue weighted by atomic mass is 9.96. The molecule has 2 aliphatic rings. The normalized spacial score (nSPS) is 21.9. The smallest absolute Gasteiger partial charge is 0.255 e. The molecule has 0 N–H and O–H groups in total. The molecule has 7 nitrogen and oxygen atoms in total. The Kier molecular flexibility index (Phi) is 7.58. The van der Waals surface area contributed by atoms with Crippen molar-refractivity contribution in [1.29, 1.82) is 0 Å². The van der Waals surface area contributed by atoms with Gasteiger partial charge >= 0.3 is 0 Å². The van der Waals surface area contributed by atoms with Gasteiger partial charge in [-0.25, -0.2) is 0 Å². The van der Waals surface area contributed by atoms with Crippen molar-refractivity contribution in [3.63, 3.8) is 0 Å². The van der Waals surface area contributed by atoms with E-state index in [1.165, 1.54) is 47.4 Å². The third-order valence-electron chi connectivity index (χ3n) is 4.82. The highest BCUT2D eigenvalue weighted by Crippen LogP contribution is 2.21. The van der Waals surface area contributed by atoms with Gasteiger partial charge < -0.3 is 4.90 Å². The fraction of sp³-hybridized carbons (Fsp3) is 0.292. The molecular weight excluding hydrogens is 396 g/mol. The first-order valence-electron chi connectivity index (χ1n) is 9.95. The fourth-order valence-electron chi connectivity index (χ4n) is 3.18. The van der Waals surface area contributed by atoms with Crippen molar-refractivity contribution in [1.82, 2.24) is 9.80 Å². The highest BCUT2D eigenvalue weighted by atomic mass is 16.2. The number of hydrogen-bond donors (Lipinski definition) is 0. The maximum absolute atomic E-state index is 12.8. The molecule has 0 bridgehead atoms. The zero-order valence-corrected chi connectivity index (χ0v) is 18.1. The Balaban J connectivity index is 2.36. The minimum absolute atomic E-state index is 0.0374. The number of ketones is 2. The Morgan fingerprint density at radius 2 is 1.61 bits per heavy atom. The molecule has 2 heterocycles. The molecule has 0 atom stereocenters. The molecule has 0 fully saturated rings. The van der Waals surface area contributed by atoms with E-state index in [1.807, 2.05) is 0 Å². The van der Waals surface area contributed by atoms with Crippen LogP contribution in [0.25, 0.3) is 0 Å². The molecule has 2 rings (SSSR count). The second kappa shape index (κ2) is 9.93. The van der Waals surface area contributed by atoms with E-state index in [9.17, 15) is 24.0 Å². The molecule has 7 heteroatoms. The molecule has 0 spiro atoms. The van der Waals surface area contributed by atoms with Gasteiger partial charge in [-0.05, 0) is 45.9 Å². The van der Waals surface area contributed by atoms with Crippen LogP contribution in [-0.2, 0) is 24.0 Å². The van der Waals surface area contributed by atoms with Crippen molar-refractivity contribution >= 4 is 29.3 Å². The zero-order valence-electron chi connectivity index (χ0n) is 18.1. The fourth-order valence-corrected chi connectivity index (χ4v) is 3.18. The van der Waals surface area contributed by atoms with Crippen molar-refractivity contribution in [3.05, 3.63) is 71.9 Å². The molecule has 0 aliphatic carbocycles. The molecule has 0 aromatic carbocycles. The van der Waals surface area contributed by atoms with Crippen LogP contribution in [0.2, 0.25) is 0 Å².